The number of aryl methyl sites for hydroxylation is 1. The minimum atomic E-state index is -0.993. The molecule has 1 aliphatic rings. The van der Waals surface area contributed by atoms with Crippen LogP contribution in [0, 0.1) is 6.92 Å². The first-order valence-electron chi connectivity index (χ1n) is 6.33. The lowest BCUT2D eigenvalue weighted by molar-refractivity contribution is 0.0697. The van der Waals surface area contributed by atoms with Crippen molar-refractivity contribution in [1.29, 1.82) is 0 Å². The molecule has 3 rings (SSSR count). The topological polar surface area (TPSA) is 71.5 Å². The van der Waals surface area contributed by atoms with Crippen molar-refractivity contribution >= 4 is 11.7 Å². The van der Waals surface area contributed by atoms with Gasteiger partial charge in [0, 0.05) is 17.5 Å². The number of fused-ring (bicyclic) bond motifs is 1. The Morgan fingerprint density at radius 3 is 3.05 bits per heavy atom. The number of rotatable bonds is 3. The summed E-state index contributed by atoms with van der Waals surface area (Å²) in [6, 6.07) is 9.44. The number of carboxylic acid groups (broad SMARTS) is 1. The summed E-state index contributed by atoms with van der Waals surface area (Å²) in [5.74, 6) is -0.153. The fraction of sp³-hybridized carbons (Fsp3) is 0.200. The number of para-hydroxylation sites is 1. The second kappa shape index (κ2) is 4.85. The minimum absolute atomic E-state index is 0.0499. The van der Waals surface area contributed by atoms with E-state index in [1.165, 1.54) is 6.20 Å². The Labute approximate surface area is 116 Å². The van der Waals surface area contributed by atoms with Crippen molar-refractivity contribution in [1.82, 2.24) is 4.98 Å². The summed E-state index contributed by atoms with van der Waals surface area (Å²) >= 11 is 0. The van der Waals surface area contributed by atoms with Crippen LogP contribution in [0.1, 0.15) is 27.7 Å². The van der Waals surface area contributed by atoms with Crippen molar-refractivity contribution in [2.45, 2.75) is 13.0 Å². The molecule has 2 N–H and O–H groups in total. The van der Waals surface area contributed by atoms with Gasteiger partial charge in [0.05, 0.1) is 11.7 Å². The predicted molar refractivity (Wildman–Crippen MR) is 74.2 cm³/mol. The van der Waals surface area contributed by atoms with Crippen LogP contribution in [0.25, 0.3) is 0 Å². The number of aromatic carboxylic acids is 1. The number of carbonyl (C=O) groups is 1. The normalized spacial score (nSPS) is 16.4. The largest absolute Gasteiger partial charge is 0.491 e. The molecule has 0 saturated heterocycles. The van der Waals surface area contributed by atoms with Gasteiger partial charge in [-0.25, -0.2) is 4.79 Å². The first kappa shape index (κ1) is 12.5. The van der Waals surface area contributed by atoms with E-state index in [1.807, 2.05) is 31.2 Å². The van der Waals surface area contributed by atoms with Gasteiger partial charge in [-0.05, 0) is 19.1 Å². The molecule has 0 radical (unpaired) electrons. The maximum absolute atomic E-state index is 11.2. The second-order valence-corrected chi connectivity index (χ2v) is 4.72. The zero-order valence-corrected chi connectivity index (χ0v) is 11.0. The summed E-state index contributed by atoms with van der Waals surface area (Å²) < 4.78 is 5.59. The molecular formula is C15H14N2O3. The molecule has 0 bridgehead atoms. The SMILES string of the molecule is Cc1cc(NC2COc3ccccc32)c(C(=O)O)cn1. The molecule has 102 valence electrons. The van der Waals surface area contributed by atoms with Gasteiger partial charge < -0.3 is 15.2 Å². The lowest BCUT2D eigenvalue weighted by Gasteiger charge is -2.15. The van der Waals surface area contributed by atoms with E-state index in [2.05, 4.69) is 10.3 Å². The number of hydrogen-bond acceptors (Lipinski definition) is 4. The van der Waals surface area contributed by atoms with E-state index in [4.69, 9.17) is 4.74 Å². The Hall–Kier alpha value is -2.56. The average Bonchev–Trinajstić information content (AvgIpc) is 2.82. The number of nitrogens with zero attached hydrogens (tertiary/aromatic N) is 1. The quantitative estimate of drug-likeness (QED) is 0.897. The van der Waals surface area contributed by atoms with E-state index in [1.54, 1.807) is 6.07 Å². The van der Waals surface area contributed by atoms with E-state index in [9.17, 15) is 9.90 Å². The van der Waals surface area contributed by atoms with Crippen LogP contribution < -0.4 is 10.1 Å². The summed E-state index contributed by atoms with van der Waals surface area (Å²) in [6.07, 6.45) is 1.38. The monoisotopic (exact) mass is 270 g/mol. The third kappa shape index (κ3) is 2.18. The molecule has 0 saturated carbocycles. The van der Waals surface area contributed by atoms with Crippen LogP contribution in [-0.4, -0.2) is 22.7 Å². The third-order valence-electron chi connectivity index (χ3n) is 3.30. The van der Waals surface area contributed by atoms with Crippen molar-refractivity contribution in [3.05, 3.63) is 53.3 Å². The molecule has 0 spiro atoms. The molecule has 0 fully saturated rings. The van der Waals surface area contributed by atoms with Crippen LogP contribution in [0.3, 0.4) is 0 Å². The molecule has 0 aliphatic carbocycles. The van der Waals surface area contributed by atoms with Crippen molar-refractivity contribution in [3.8, 4) is 5.75 Å². The number of nitrogens with one attached hydrogen (secondary N) is 1. The van der Waals surface area contributed by atoms with Gasteiger partial charge in [0.25, 0.3) is 0 Å². The third-order valence-corrected chi connectivity index (χ3v) is 3.30. The maximum atomic E-state index is 11.2. The highest BCUT2D eigenvalue weighted by molar-refractivity contribution is 5.94. The summed E-state index contributed by atoms with van der Waals surface area (Å²) in [7, 11) is 0. The first-order chi connectivity index (χ1) is 9.65. The average molecular weight is 270 g/mol. The van der Waals surface area contributed by atoms with Gasteiger partial charge in [0.1, 0.15) is 17.9 Å². The summed E-state index contributed by atoms with van der Waals surface area (Å²) in [5.41, 5.74) is 2.54. The second-order valence-electron chi connectivity index (χ2n) is 4.72. The van der Waals surface area contributed by atoms with Crippen molar-refractivity contribution in [3.63, 3.8) is 0 Å². The fourth-order valence-corrected chi connectivity index (χ4v) is 2.32. The Bertz CT molecular complexity index is 670. The number of pyridine rings is 1. The molecule has 1 unspecified atom stereocenters. The highest BCUT2D eigenvalue weighted by Crippen LogP contribution is 2.34. The molecule has 2 aromatic rings. The Morgan fingerprint density at radius 1 is 1.45 bits per heavy atom. The van der Waals surface area contributed by atoms with Gasteiger partial charge in [-0.15, -0.1) is 0 Å². The Morgan fingerprint density at radius 2 is 2.25 bits per heavy atom. The van der Waals surface area contributed by atoms with Gasteiger partial charge in [0.2, 0.25) is 0 Å². The number of benzene rings is 1. The standard InChI is InChI=1S/C15H14N2O3/c1-9-6-12(11(7-16-9)15(18)19)17-13-8-20-14-5-3-2-4-10(13)14/h2-7,13H,8H2,1H3,(H,16,17)(H,18,19). The van der Waals surface area contributed by atoms with E-state index in [-0.39, 0.29) is 11.6 Å². The number of ether oxygens (including phenoxy) is 1. The first-order valence-corrected chi connectivity index (χ1v) is 6.33. The lowest BCUT2D eigenvalue weighted by atomic mass is 10.1. The van der Waals surface area contributed by atoms with Crippen molar-refractivity contribution < 1.29 is 14.6 Å². The molecule has 20 heavy (non-hydrogen) atoms. The number of anilines is 1. The lowest BCUT2D eigenvalue weighted by Crippen LogP contribution is -2.15. The molecule has 1 atom stereocenters. The smallest absolute Gasteiger partial charge is 0.339 e. The van der Waals surface area contributed by atoms with E-state index < -0.39 is 5.97 Å². The number of aromatic nitrogens is 1. The van der Waals surface area contributed by atoms with Crippen molar-refractivity contribution in [2.24, 2.45) is 0 Å². The van der Waals surface area contributed by atoms with E-state index >= 15 is 0 Å². The molecular weight excluding hydrogens is 256 g/mol. The van der Waals surface area contributed by atoms with Gasteiger partial charge >= 0.3 is 5.97 Å². The van der Waals surface area contributed by atoms with Gasteiger partial charge in [-0.2, -0.15) is 0 Å². The molecule has 2 heterocycles. The van der Waals surface area contributed by atoms with Crippen molar-refractivity contribution in [2.75, 3.05) is 11.9 Å². The van der Waals surface area contributed by atoms with Gasteiger partial charge in [-0.3, -0.25) is 4.98 Å². The highest BCUT2D eigenvalue weighted by atomic mass is 16.5. The zero-order chi connectivity index (χ0) is 14.1. The van der Waals surface area contributed by atoms with Crippen LogP contribution in [0.5, 0.6) is 5.75 Å². The summed E-state index contributed by atoms with van der Waals surface area (Å²) in [5, 5.41) is 12.5. The summed E-state index contributed by atoms with van der Waals surface area (Å²) in [6.45, 7) is 2.32. The van der Waals surface area contributed by atoms with Crippen LogP contribution in [0.4, 0.5) is 5.69 Å². The molecule has 5 heteroatoms. The van der Waals surface area contributed by atoms with Gasteiger partial charge in [0.15, 0.2) is 0 Å². The van der Waals surface area contributed by atoms with E-state index in [0.717, 1.165) is 17.0 Å². The Kier molecular flexibility index (Phi) is 3.02. The number of hydrogen-bond donors (Lipinski definition) is 2. The van der Waals surface area contributed by atoms with Crippen LogP contribution in [0.15, 0.2) is 36.5 Å². The molecule has 1 aromatic carbocycles. The predicted octanol–water partition coefficient (Wildman–Crippen LogP) is 2.63. The van der Waals surface area contributed by atoms with Gasteiger partial charge in [-0.1, -0.05) is 18.2 Å². The van der Waals surface area contributed by atoms with Crippen LogP contribution >= 0.6 is 0 Å². The fourth-order valence-electron chi connectivity index (χ4n) is 2.32. The highest BCUT2D eigenvalue weighted by Gasteiger charge is 2.25. The van der Waals surface area contributed by atoms with E-state index in [0.29, 0.717) is 12.3 Å². The summed E-state index contributed by atoms with van der Waals surface area (Å²) in [4.78, 5) is 15.3. The number of carboxylic acids is 1. The molecule has 1 aliphatic heterocycles. The Balaban J connectivity index is 1.93. The molecule has 0 amide bonds. The zero-order valence-electron chi connectivity index (χ0n) is 11.0. The maximum Gasteiger partial charge on any atom is 0.339 e. The molecule has 1 aromatic heterocycles. The van der Waals surface area contributed by atoms with Crippen LogP contribution in [0.2, 0.25) is 0 Å². The minimum Gasteiger partial charge on any atom is -0.491 e. The molecule has 5 nitrogen and oxygen atoms in total. The van der Waals surface area contributed by atoms with Crippen LogP contribution in [-0.2, 0) is 0 Å².